The fourth-order valence-corrected chi connectivity index (χ4v) is 4.59. The first-order chi connectivity index (χ1) is 13.1. The Bertz CT molecular complexity index is 942. The first-order valence-corrected chi connectivity index (χ1v) is 9.76. The van der Waals surface area contributed by atoms with E-state index in [-0.39, 0.29) is 24.2 Å². The highest BCUT2D eigenvalue weighted by Gasteiger charge is 2.28. The number of rotatable bonds is 4. The molecule has 0 saturated carbocycles. The van der Waals surface area contributed by atoms with Crippen LogP contribution in [0.4, 0.5) is 14.5 Å². The van der Waals surface area contributed by atoms with Crippen molar-refractivity contribution in [1.82, 2.24) is 9.88 Å². The van der Waals surface area contributed by atoms with Gasteiger partial charge in [-0.15, -0.1) is 11.3 Å². The predicted octanol–water partition coefficient (Wildman–Crippen LogP) is 4.74. The number of nitrogens with one attached hydrogen (secondary N) is 1. The summed E-state index contributed by atoms with van der Waals surface area (Å²) in [6.45, 7) is 0.942. The van der Waals surface area contributed by atoms with Gasteiger partial charge >= 0.3 is 0 Å². The molecule has 0 unspecified atom stereocenters. The van der Waals surface area contributed by atoms with E-state index < -0.39 is 11.6 Å². The number of halogens is 2. The summed E-state index contributed by atoms with van der Waals surface area (Å²) in [7, 11) is 0. The molecule has 1 N–H and O–H groups in total. The van der Waals surface area contributed by atoms with E-state index in [1.54, 1.807) is 11.3 Å². The van der Waals surface area contributed by atoms with E-state index >= 15 is 0 Å². The van der Waals surface area contributed by atoms with Crippen molar-refractivity contribution in [2.75, 3.05) is 18.4 Å². The smallest absolute Gasteiger partial charge is 0.238 e. The standard InChI is InChI=1S/C20H19F2N3OS/c21-13-8-9-15(14(22)11-13)23-19(26)12-25-10-4-3-6-17(25)20-24-16-5-1-2-7-18(16)27-20/h1-2,5,7-9,11,17H,3-4,6,10,12H2,(H,23,26)/t17-/m1/s1. The monoisotopic (exact) mass is 387 g/mol. The summed E-state index contributed by atoms with van der Waals surface area (Å²) in [5.41, 5.74) is 0.968. The van der Waals surface area contributed by atoms with E-state index in [9.17, 15) is 13.6 Å². The van der Waals surface area contributed by atoms with E-state index in [1.165, 1.54) is 6.07 Å². The molecule has 1 fully saturated rings. The number of hydrogen-bond donors (Lipinski definition) is 1. The van der Waals surface area contributed by atoms with Crippen molar-refractivity contribution >= 4 is 33.1 Å². The molecule has 0 radical (unpaired) electrons. The van der Waals surface area contributed by atoms with E-state index in [4.69, 9.17) is 4.98 Å². The number of amides is 1. The summed E-state index contributed by atoms with van der Waals surface area (Å²) in [5.74, 6) is -1.75. The maximum Gasteiger partial charge on any atom is 0.238 e. The Morgan fingerprint density at radius 1 is 1.22 bits per heavy atom. The van der Waals surface area contributed by atoms with Gasteiger partial charge in [-0.05, 0) is 43.7 Å². The second-order valence-electron chi connectivity index (χ2n) is 6.67. The number of carbonyl (C=O) groups excluding carboxylic acids is 1. The Labute approximate surface area is 159 Å². The predicted molar refractivity (Wildman–Crippen MR) is 103 cm³/mol. The molecule has 2 aromatic carbocycles. The number of nitrogens with zero attached hydrogens (tertiary/aromatic N) is 2. The summed E-state index contributed by atoms with van der Waals surface area (Å²) in [6, 6.07) is 11.2. The van der Waals surface area contributed by atoms with Gasteiger partial charge in [0.25, 0.3) is 0 Å². The number of aromatic nitrogens is 1. The van der Waals surface area contributed by atoms with Crippen molar-refractivity contribution in [1.29, 1.82) is 0 Å². The number of anilines is 1. The first kappa shape index (κ1) is 18.0. The lowest BCUT2D eigenvalue weighted by Gasteiger charge is -2.33. The molecule has 1 amide bonds. The molecule has 4 nitrogen and oxygen atoms in total. The van der Waals surface area contributed by atoms with Crippen molar-refractivity contribution in [3.05, 3.63) is 59.1 Å². The number of piperidine rings is 1. The molecule has 0 aliphatic carbocycles. The molecule has 1 atom stereocenters. The van der Waals surface area contributed by atoms with Gasteiger partial charge < -0.3 is 5.32 Å². The maximum absolute atomic E-state index is 13.8. The molecule has 0 spiro atoms. The molecule has 27 heavy (non-hydrogen) atoms. The van der Waals surface area contributed by atoms with Crippen LogP contribution in [0.5, 0.6) is 0 Å². The largest absolute Gasteiger partial charge is 0.322 e. The third-order valence-corrected chi connectivity index (χ3v) is 5.90. The SMILES string of the molecule is O=C(CN1CCCC[C@@H]1c1nc2ccccc2s1)Nc1ccc(F)cc1F. The molecule has 4 rings (SSSR count). The summed E-state index contributed by atoms with van der Waals surface area (Å²) in [5, 5.41) is 3.55. The van der Waals surface area contributed by atoms with Crippen LogP contribution in [0.1, 0.15) is 30.3 Å². The Balaban J connectivity index is 1.49. The lowest BCUT2D eigenvalue weighted by molar-refractivity contribution is -0.118. The molecular formula is C20H19F2N3OS. The van der Waals surface area contributed by atoms with Gasteiger partial charge in [-0.25, -0.2) is 13.8 Å². The second-order valence-corrected chi connectivity index (χ2v) is 7.74. The van der Waals surface area contributed by atoms with Gasteiger partial charge in [0, 0.05) is 6.07 Å². The number of para-hydroxylation sites is 1. The lowest BCUT2D eigenvalue weighted by atomic mass is 10.0. The number of thiazole rings is 1. The van der Waals surface area contributed by atoms with Crippen LogP contribution in [-0.2, 0) is 4.79 Å². The minimum Gasteiger partial charge on any atom is -0.322 e. The van der Waals surface area contributed by atoms with Gasteiger partial charge in [0.2, 0.25) is 5.91 Å². The number of fused-ring (bicyclic) bond motifs is 1. The molecule has 2 heterocycles. The van der Waals surface area contributed by atoms with Gasteiger partial charge in [-0.3, -0.25) is 9.69 Å². The van der Waals surface area contributed by atoms with E-state index in [0.29, 0.717) is 0 Å². The molecule has 0 bridgehead atoms. The fourth-order valence-electron chi connectivity index (χ4n) is 3.46. The third-order valence-electron chi connectivity index (χ3n) is 4.76. The third kappa shape index (κ3) is 3.99. The topological polar surface area (TPSA) is 45.2 Å². The van der Waals surface area contributed by atoms with Crippen molar-refractivity contribution in [2.45, 2.75) is 25.3 Å². The quantitative estimate of drug-likeness (QED) is 0.703. The van der Waals surface area contributed by atoms with Crippen molar-refractivity contribution in [3.63, 3.8) is 0 Å². The molecule has 1 aliphatic rings. The Hall–Kier alpha value is -2.38. The summed E-state index contributed by atoms with van der Waals surface area (Å²) >= 11 is 1.66. The van der Waals surface area contributed by atoms with E-state index in [0.717, 1.165) is 53.2 Å². The Kier molecular flexibility index (Phi) is 5.13. The van der Waals surface area contributed by atoms with Crippen LogP contribution < -0.4 is 5.32 Å². The van der Waals surface area contributed by atoms with Crippen molar-refractivity contribution in [2.24, 2.45) is 0 Å². The van der Waals surface area contributed by atoms with E-state index in [1.807, 2.05) is 24.3 Å². The van der Waals surface area contributed by atoms with Crippen LogP contribution >= 0.6 is 11.3 Å². The maximum atomic E-state index is 13.8. The van der Waals surface area contributed by atoms with Crippen molar-refractivity contribution < 1.29 is 13.6 Å². The van der Waals surface area contributed by atoms with Gasteiger partial charge in [0.1, 0.15) is 16.6 Å². The number of carbonyl (C=O) groups is 1. The van der Waals surface area contributed by atoms with Crippen molar-refractivity contribution in [3.8, 4) is 0 Å². The minimum atomic E-state index is -0.773. The molecule has 1 aromatic heterocycles. The Morgan fingerprint density at radius 2 is 2.07 bits per heavy atom. The van der Waals surface area contributed by atoms with Crippen LogP contribution in [0.3, 0.4) is 0 Å². The highest BCUT2D eigenvalue weighted by atomic mass is 32.1. The highest BCUT2D eigenvalue weighted by molar-refractivity contribution is 7.18. The number of hydrogen-bond acceptors (Lipinski definition) is 4. The molecule has 140 valence electrons. The average molecular weight is 387 g/mol. The van der Waals surface area contributed by atoms with Gasteiger partial charge in [-0.2, -0.15) is 0 Å². The summed E-state index contributed by atoms with van der Waals surface area (Å²) < 4.78 is 27.9. The van der Waals surface area contributed by atoms with E-state index in [2.05, 4.69) is 10.2 Å². The van der Waals surface area contributed by atoms with Crippen LogP contribution in [0.25, 0.3) is 10.2 Å². The average Bonchev–Trinajstić information content (AvgIpc) is 3.08. The molecule has 1 aliphatic heterocycles. The zero-order valence-electron chi connectivity index (χ0n) is 14.6. The van der Waals surface area contributed by atoms with Crippen LogP contribution in [-0.4, -0.2) is 28.9 Å². The van der Waals surface area contributed by atoms with Gasteiger partial charge in [-0.1, -0.05) is 18.6 Å². The van der Waals surface area contributed by atoms with Crippen LogP contribution in [0.15, 0.2) is 42.5 Å². The zero-order chi connectivity index (χ0) is 18.8. The molecular weight excluding hydrogens is 368 g/mol. The normalized spacial score (nSPS) is 17.9. The van der Waals surface area contributed by atoms with Crippen LogP contribution in [0.2, 0.25) is 0 Å². The Morgan fingerprint density at radius 3 is 2.89 bits per heavy atom. The lowest BCUT2D eigenvalue weighted by Crippen LogP contribution is -2.39. The molecule has 7 heteroatoms. The zero-order valence-corrected chi connectivity index (χ0v) is 15.4. The van der Waals surface area contributed by atoms with Gasteiger partial charge in [0.05, 0.1) is 28.5 Å². The molecule has 3 aromatic rings. The minimum absolute atomic E-state index is 0.00468. The molecule has 1 saturated heterocycles. The summed E-state index contributed by atoms with van der Waals surface area (Å²) in [4.78, 5) is 19.3. The first-order valence-electron chi connectivity index (χ1n) is 8.94. The number of benzene rings is 2. The number of likely N-dealkylation sites (tertiary alicyclic amines) is 1. The van der Waals surface area contributed by atoms with Crippen LogP contribution in [0, 0.1) is 11.6 Å². The fraction of sp³-hybridized carbons (Fsp3) is 0.300. The summed E-state index contributed by atoms with van der Waals surface area (Å²) in [6.07, 6.45) is 3.04. The van der Waals surface area contributed by atoms with Gasteiger partial charge in [0.15, 0.2) is 0 Å². The highest BCUT2D eigenvalue weighted by Crippen LogP contribution is 2.35. The second kappa shape index (κ2) is 7.70.